The Morgan fingerprint density at radius 1 is 1.10 bits per heavy atom. The minimum Gasteiger partial charge on any atom is -0.308 e. The minimum atomic E-state index is -0.320. The Kier molecular flexibility index (Phi) is 5.32. The number of halogens is 1. The second-order valence-corrected chi connectivity index (χ2v) is 4.78. The normalized spacial score (nSPS) is 10.2. The molecule has 110 valence electrons. The smallest absolute Gasteiger partial charge is 0.308 e. The molecule has 2 rings (SSSR count). The number of carbonyl (C=O) groups excluding carboxylic acids is 1. The van der Waals surface area contributed by atoms with E-state index in [1.807, 2.05) is 30.3 Å². The summed E-state index contributed by atoms with van der Waals surface area (Å²) in [4.78, 5) is 14.1. The number of hydrogen-bond donors (Lipinski definition) is 1. The van der Waals surface area contributed by atoms with Crippen molar-refractivity contribution < 1.29 is 9.18 Å². The molecule has 0 aromatic heterocycles. The van der Waals surface area contributed by atoms with Crippen molar-refractivity contribution in [1.82, 2.24) is 0 Å². The fraction of sp³-hybridized carbons (Fsp3) is 0.235. The van der Waals surface area contributed by atoms with E-state index >= 15 is 0 Å². The van der Waals surface area contributed by atoms with E-state index in [9.17, 15) is 9.18 Å². The van der Waals surface area contributed by atoms with Crippen molar-refractivity contribution in [1.29, 1.82) is 0 Å². The third-order valence-corrected chi connectivity index (χ3v) is 3.14. The molecule has 0 radical (unpaired) electrons. The van der Waals surface area contributed by atoms with Crippen LogP contribution < -0.4 is 10.2 Å². The van der Waals surface area contributed by atoms with E-state index in [1.54, 1.807) is 17.0 Å². The molecule has 0 bridgehead atoms. The third kappa shape index (κ3) is 4.31. The summed E-state index contributed by atoms with van der Waals surface area (Å²) in [5.74, 6) is -0.320. The standard InChI is InChI=1S/C17H19FN2O/c1-2-3-13-20(16-7-5-4-6-8-16)17(21)19-15-11-9-14(18)10-12-15/h4-12H,2-3,13H2,1H3,(H,19,21). The summed E-state index contributed by atoms with van der Waals surface area (Å²) in [5.41, 5.74) is 1.43. The van der Waals surface area contributed by atoms with Gasteiger partial charge in [-0.25, -0.2) is 9.18 Å². The van der Waals surface area contributed by atoms with Crippen LogP contribution in [0, 0.1) is 5.82 Å². The molecule has 4 heteroatoms. The molecule has 3 nitrogen and oxygen atoms in total. The summed E-state index contributed by atoms with van der Waals surface area (Å²) in [6.07, 6.45) is 1.93. The number of nitrogens with zero attached hydrogens (tertiary/aromatic N) is 1. The summed E-state index contributed by atoms with van der Waals surface area (Å²) < 4.78 is 12.9. The summed E-state index contributed by atoms with van der Waals surface area (Å²) in [7, 11) is 0. The van der Waals surface area contributed by atoms with E-state index in [-0.39, 0.29) is 11.8 Å². The first-order valence-corrected chi connectivity index (χ1v) is 7.10. The van der Waals surface area contributed by atoms with Crippen molar-refractivity contribution >= 4 is 17.4 Å². The van der Waals surface area contributed by atoms with E-state index in [4.69, 9.17) is 0 Å². The molecule has 0 spiro atoms. The highest BCUT2D eigenvalue weighted by Crippen LogP contribution is 2.17. The molecule has 0 unspecified atom stereocenters. The lowest BCUT2D eigenvalue weighted by Gasteiger charge is -2.23. The minimum absolute atomic E-state index is 0.207. The van der Waals surface area contributed by atoms with Crippen molar-refractivity contribution in [2.45, 2.75) is 19.8 Å². The number of carbonyl (C=O) groups is 1. The topological polar surface area (TPSA) is 32.3 Å². The first kappa shape index (κ1) is 15.0. The van der Waals surface area contributed by atoms with Crippen molar-refractivity contribution in [2.24, 2.45) is 0 Å². The number of amides is 2. The Hall–Kier alpha value is -2.36. The Labute approximate surface area is 124 Å². The lowest BCUT2D eigenvalue weighted by atomic mass is 10.2. The zero-order valence-corrected chi connectivity index (χ0v) is 12.1. The van der Waals surface area contributed by atoms with E-state index in [0.29, 0.717) is 12.2 Å². The Morgan fingerprint density at radius 2 is 1.76 bits per heavy atom. The highest BCUT2D eigenvalue weighted by Gasteiger charge is 2.15. The maximum absolute atomic E-state index is 12.9. The van der Waals surface area contributed by atoms with Crippen LogP contribution in [0.5, 0.6) is 0 Å². The Balaban J connectivity index is 2.12. The number of nitrogens with one attached hydrogen (secondary N) is 1. The second kappa shape index (κ2) is 7.43. The van der Waals surface area contributed by atoms with Gasteiger partial charge in [-0.3, -0.25) is 4.90 Å². The van der Waals surface area contributed by atoms with Gasteiger partial charge >= 0.3 is 6.03 Å². The van der Waals surface area contributed by atoms with Crippen LogP contribution in [0.25, 0.3) is 0 Å². The molecule has 0 aliphatic heterocycles. The van der Waals surface area contributed by atoms with Crippen molar-refractivity contribution in [3.05, 3.63) is 60.4 Å². The first-order valence-electron chi connectivity index (χ1n) is 7.10. The highest BCUT2D eigenvalue weighted by atomic mass is 19.1. The Bertz CT molecular complexity index is 569. The molecule has 0 aliphatic rings. The number of benzene rings is 2. The first-order chi connectivity index (χ1) is 10.2. The molecule has 0 saturated carbocycles. The van der Waals surface area contributed by atoms with Gasteiger partial charge in [0.25, 0.3) is 0 Å². The van der Waals surface area contributed by atoms with Crippen LogP contribution in [0.3, 0.4) is 0 Å². The monoisotopic (exact) mass is 286 g/mol. The fourth-order valence-corrected chi connectivity index (χ4v) is 2.00. The van der Waals surface area contributed by atoms with Gasteiger partial charge in [0.1, 0.15) is 5.82 Å². The largest absolute Gasteiger partial charge is 0.326 e. The predicted octanol–water partition coefficient (Wildman–Crippen LogP) is 4.66. The van der Waals surface area contributed by atoms with Crippen LogP contribution in [0.4, 0.5) is 20.6 Å². The SMILES string of the molecule is CCCCN(C(=O)Nc1ccc(F)cc1)c1ccccc1. The molecule has 1 N–H and O–H groups in total. The average molecular weight is 286 g/mol. The molecule has 2 aromatic rings. The van der Waals surface area contributed by atoms with Crippen LogP contribution in [-0.2, 0) is 0 Å². The molecule has 0 fully saturated rings. The molecule has 0 heterocycles. The molecule has 0 aliphatic carbocycles. The third-order valence-electron chi connectivity index (χ3n) is 3.14. The maximum atomic E-state index is 12.9. The quantitative estimate of drug-likeness (QED) is 0.851. The zero-order chi connectivity index (χ0) is 15.1. The van der Waals surface area contributed by atoms with Gasteiger partial charge in [-0.1, -0.05) is 31.5 Å². The lowest BCUT2D eigenvalue weighted by Crippen LogP contribution is -2.35. The van der Waals surface area contributed by atoms with Crippen molar-refractivity contribution in [2.75, 3.05) is 16.8 Å². The van der Waals surface area contributed by atoms with Crippen LogP contribution in [0.1, 0.15) is 19.8 Å². The van der Waals surface area contributed by atoms with Gasteiger partial charge in [0, 0.05) is 17.9 Å². The molecule has 2 amide bonds. The molecule has 21 heavy (non-hydrogen) atoms. The maximum Gasteiger partial charge on any atom is 0.326 e. The van der Waals surface area contributed by atoms with Crippen molar-refractivity contribution in [3.63, 3.8) is 0 Å². The van der Waals surface area contributed by atoms with Crippen LogP contribution >= 0.6 is 0 Å². The Morgan fingerprint density at radius 3 is 2.38 bits per heavy atom. The average Bonchev–Trinajstić information content (AvgIpc) is 2.51. The van der Waals surface area contributed by atoms with Crippen LogP contribution in [0.2, 0.25) is 0 Å². The van der Waals surface area contributed by atoms with Gasteiger partial charge in [0.15, 0.2) is 0 Å². The number of rotatable bonds is 5. The molecule has 0 saturated heterocycles. The van der Waals surface area contributed by atoms with Crippen LogP contribution in [0.15, 0.2) is 54.6 Å². The van der Waals surface area contributed by atoms with Crippen LogP contribution in [-0.4, -0.2) is 12.6 Å². The summed E-state index contributed by atoms with van der Waals surface area (Å²) in [5, 5.41) is 2.80. The van der Waals surface area contributed by atoms with E-state index < -0.39 is 0 Å². The zero-order valence-electron chi connectivity index (χ0n) is 12.1. The number of urea groups is 1. The summed E-state index contributed by atoms with van der Waals surface area (Å²) >= 11 is 0. The van der Waals surface area contributed by atoms with Gasteiger partial charge in [0.2, 0.25) is 0 Å². The number of hydrogen-bond acceptors (Lipinski definition) is 1. The highest BCUT2D eigenvalue weighted by molar-refractivity contribution is 6.01. The van der Waals surface area contributed by atoms with Gasteiger partial charge in [-0.05, 0) is 42.8 Å². The number of anilines is 2. The molecule has 2 aromatic carbocycles. The van der Waals surface area contributed by atoms with Gasteiger partial charge in [-0.15, -0.1) is 0 Å². The van der Waals surface area contributed by atoms with Gasteiger partial charge in [-0.2, -0.15) is 0 Å². The summed E-state index contributed by atoms with van der Waals surface area (Å²) in [6, 6.07) is 15.1. The van der Waals surface area contributed by atoms with Gasteiger partial charge < -0.3 is 5.32 Å². The van der Waals surface area contributed by atoms with E-state index in [0.717, 1.165) is 18.5 Å². The number of para-hydroxylation sites is 1. The second-order valence-electron chi connectivity index (χ2n) is 4.78. The van der Waals surface area contributed by atoms with Gasteiger partial charge in [0.05, 0.1) is 0 Å². The predicted molar refractivity (Wildman–Crippen MR) is 84.1 cm³/mol. The molecular formula is C17H19FN2O. The molecular weight excluding hydrogens is 267 g/mol. The summed E-state index contributed by atoms with van der Waals surface area (Å²) in [6.45, 7) is 2.73. The van der Waals surface area contributed by atoms with E-state index in [2.05, 4.69) is 12.2 Å². The number of unbranched alkanes of at least 4 members (excludes halogenated alkanes) is 1. The molecule has 0 atom stereocenters. The van der Waals surface area contributed by atoms with E-state index in [1.165, 1.54) is 12.1 Å². The van der Waals surface area contributed by atoms with Crippen molar-refractivity contribution in [3.8, 4) is 0 Å². The fourth-order valence-electron chi connectivity index (χ4n) is 2.00. The lowest BCUT2D eigenvalue weighted by molar-refractivity contribution is 0.257.